The average molecular weight is 245 g/mol. The van der Waals surface area contributed by atoms with E-state index in [-0.39, 0.29) is 12.5 Å². The van der Waals surface area contributed by atoms with Crippen LogP contribution in [0.4, 0.5) is 0 Å². The number of aliphatic hydroxyl groups is 1. The number of aromatic amines is 1. The summed E-state index contributed by atoms with van der Waals surface area (Å²) in [6, 6.07) is 5.40. The molecule has 18 heavy (non-hydrogen) atoms. The summed E-state index contributed by atoms with van der Waals surface area (Å²) in [5, 5.41) is 20.0. The predicted octanol–water partition coefficient (Wildman–Crippen LogP) is 1.21. The van der Waals surface area contributed by atoms with Gasteiger partial charge in [-0.25, -0.2) is 0 Å². The summed E-state index contributed by atoms with van der Waals surface area (Å²) in [4.78, 5) is 12.1. The third kappa shape index (κ3) is 1.76. The molecule has 0 aliphatic heterocycles. The van der Waals surface area contributed by atoms with Gasteiger partial charge < -0.3 is 10.4 Å². The number of aliphatic hydroxyl groups excluding tert-OH is 1. The fraction of sp³-hybridized carbons (Fsp3) is 0.385. The number of benzene rings is 1. The van der Waals surface area contributed by atoms with Crippen molar-refractivity contribution in [3.05, 3.63) is 30.0 Å². The smallest absolute Gasteiger partial charge is 0.251 e. The fourth-order valence-corrected chi connectivity index (χ4v) is 2.32. The summed E-state index contributed by atoms with van der Waals surface area (Å²) in [5.74, 6) is -0.133. The minimum atomic E-state index is -0.400. The van der Waals surface area contributed by atoms with Gasteiger partial charge in [0.2, 0.25) is 0 Å². The zero-order valence-electron chi connectivity index (χ0n) is 9.94. The number of carbonyl (C=O) groups excluding carboxylic acids is 1. The molecule has 1 fully saturated rings. The lowest BCUT2D eigenvalue weighted by molar-refractivity contribution is 0.0642. The molecule has 3 rings (SSSR count). The maximum Gasteiger partial charge on any atom is 0.251 e. The molecule has 1 aliphatic rings. The topological polar surface area (TPSA) is 78.0 Å². The number of hydrogen-bond acceptors (Lipinski definition) is 3. The number of nitrogens with zero attached hydrogens (tertiary/aromatic N) is 1. The van der Waals surface area contributed by atoms with Gasteiger partial charge >= 0.3 is 0 Å². The quantitative estimate of drug-likeness (QED) is 0.760. The molecular weight excluding hydrogens is 230 g/mol. The summed E-state index contributed by atoms with van der Waals surface area (Å²) >= 11 is 0. The van der Waals surface area contributed by atoms with Crippen LogP contribution >= 0.6 is 0 Å². The van der Waals surface area contributed by atoms with Crippen LogP contribution in [0.1, 0.15) is 29.6 Å². The second kappa shape index (κ2) is 4.10. The van der Waals surface area contributed by atoms with Gasteiger partial charge in [0.1, 0.15) is 0 Å². The first kappa shape index (κ1) is 11.2. The van der Waals surface area contributed by atoms with Crippen LogP contribution in [-0.4, -0.2) is 33.4 Å². The first-order valence-corrected chi connectivity index (χ1v) is 6.09. The number of hydrogen-bond donors (Lipinski definition) is 3. The Labute approximate surface area is 104 Å². The molecule has 5 heteroatoms. The van der Waals surface area contributed by atoms with Gasteiger partial charge in [-0.15, -0.1) is 0 Å². The Morgan fingerprint density at radius 1 is 1.50 bits per heavy atom. The highest BCUT2D eigenvalue weighted by Crippen LogP contribution is 2.31. The Balaban J connectivity index is 1.83. The van der Waals surface area contributed by atoms with E-state index >= 15 is 0 Å². The van der Waals surface area contributed by atoms with Crippen LogP contribution < -0.4 is 5.32 Å². The monoisotopic (exact) mass is 245 g/mol. The molecule has 5 nitrogen and oxygen atoms in total. The first-order chi connectivity index (χ1) is 8.72. The van der Waals surface area contributed by atoms with E-state index in [9.17, 15) is 9.90 Å². The van der Waals surface area contributed by atoms with E-state index in [0.29, 0.717) is 5.56 Å². The molecular formula is C13H15N3O2. The van der Waals surface area contributed by atoms with Crippen molar-refractivity contribution in [2.45, 2.75) is 24.8 Å². The minimum absolute atomic E-state index is 0.00664. The third-order valence-electron chi connectivity index (χ3n) is 3.69. The van der Waals surface area contributed by atoms with E-state index in [1.54, 1.807) is 18.3 Å². The van der Waals surface area contributed by atoms with Crippen LogP contribution in [0.25, 0.3) is 10.9 Å². The van der Waals surface area contributed by atoms with Crippen molar-refractivity contribution < 1.29 is 9.90 Å². The molecule has 1 aromatic heterocycles. The summed E-state index contributed by atoms with van der Waals surface area (Å²) < 4.78 is 0. The summed E-state index contributed by atoms with van der Waals surface area (Å²) in [6.45, 7) is 0.00664. The molecule has 0 atom stereocenters. The first-order valence-electron chi connectivity index (χ1n) is 6.09. The largest absolute Gasteiger partial charge is 0.394 e. The van der Waals surface area contributed by atoms with Crippen LogP contribution in [0.3, 0.4) is 0 Å². The molecule has 2 aromatic rings. The van der Waals surface area contributed by atoms with Gasteiger partial charge in [-0.2, -0.15) is 5.10 Å². The Hall–Kier alpha value is -1.88. The molecule has 1 saturated carbocycles. The molecule has 0 unspecified atom stereocenters. The molecule has 1 heterocycles. The van der Waals surface area contributed by atoms with Crippen molar-refractivity contribution >= 4 is 16.8 Å². The molecule has 1 aromatic carbocycles. The predicted molar refractivity (Wildman–Crippen MR) is 67.2 cm³/mol. The summed E-state index contributed by atoms with van der Waals surface area (Å²) in [7, 11) is 0. The molecule has 0 bridgehead atoms. The number of nitrogens with one attached hydrogen (secondary N) is 2. The molecule has 1 amide bonds. The van der Waals surface area contributed by atoms with Crippen molar-refractivity contribution in [2.24, 2.45) is 0 Å². The van der Waals surface area contributed by atoms with Gasteiger partial charge in [0, 0.05) is 10.9 Å². The second-order valence-corrected chi connectivity index (χ2v) is 4.92. The Kier molecular flexibility index (Phi) is 2.56. The van der Waals surface area contributed by atoms with Crippen LogP contribution in [0.15, 0.2) is 24.4 Å². The zero-order chi connectivity index (χ0) is 12.6. The Bertz CT molecular complexity index is 581. The molecule has 0 radical (unpaired) electrons. The van der Waals surface area contributed by atoms with E-state index in [1.165, 1.54) is 0 Å². The molecule has 1 aliphatic carbocycles. The maximum atomic E-state index is 12.1. The van der Waals surface area contributed by atoms with Gasteiger partial charge in [-0.1, -0.05) is 0 Å². The van der Waals surface area contributed by atoms with Crippen LogP contribution in [0, 0.1) is 0 Å². The molecule has 3 N–H and O–H groups in total. The highest BCUT2D eigenvalue weighted by molar-refractivity contribution is 5.98. The van der Waals surface area contributed by atoms with E-state index in [1.807, 2.05) is 6.07 Å². The minimum Gasteiger partial charge on any atom is -0.394 e. The van der Waals surface area contributed by atoms with Crippen molar-refractivity contribution in [3.63, 3.8) is 0 Å². The summed E-state index contributed by atoms with van der Waals surface area (Å²) in [6.07, 6.45) is 4.45. The normalized spacial score (nSPS) is 17.4. The Morgan fingerprint density at radius 3 is 3.00 bits per heavy atom. The standard InChI is InChI=1S/C13H15N3O2/c17-8-13(4-1-5-13)15-12(18)9-2-3-11-10(6-9)7-14-16-11/h2-3,6-7,17H,1,4-5,8H2,(H,14,16)(H,15,18). The van der Waals surface area contributed by atoms with Gasteiger partial charge in [0.15, 0.2) is 0 Å². The zero-order valence-corrected chi connectivity index (χ0v) is 9.94. The summed E-state index contributed by atoms with van der Waals surface area (Å²) in [5.41, 5.74) is 1.11. The van der Waals surface area contributed by atoms with Crippen molar-refractivity contribution in [1.82, 2.24) is 15.5 Å². The van der Waals surface area contributed by atoms with Crippen molar-refractivity contribution in [3.8, 4) is 0 Å². The molecule has 94 valence electrons. The maximum absolute atomic E-state index is 12.1. The van der Waals surface area contributed by atoms with Crippen molar-refractivity contribution in [1.29, 1.82) is 0 Å². The lowest BCUT2D eigenvalue weighted by Crippen LogP contribution is -2.56. The van der Waals surface area contributed by atoms with Crippen LogP contribution in [0.5, 0.6) is 0 Å². The van der Waals surface area contributed by atoms with Gasteiger partial charge in [-0.05, 0) is 37.5 Å². The number of aromatic nitrogens is 2. The lowest BCUT2D eigenvalue weighted by atomic mass is 9.77. The van der Waals surface area contributed by atoms with Crippen LogP contribution in [0.2, 0.25) is 0 Å². The van der Waals surface area contributed by atoms with E-state index in [4.69, 9.17) is 0 Å². The molecule has 0 spiro atoms. The number of H-pyrrole nitrogens is 1. The molecule has 0 saturated heterocycles. The van der Waals surface area contributed by atoms with Gasteiger partial charge in [-0.3, -0.25) is 9.89 Å². The fourth-order valence-electron chi connectivity index (χ4n) is 2.32. The average Bonchev–Trinajstić information content (AvgIpc) is 2.80. The SMILES string of the molecule is O=C(NC1(CO)CCC1)c1ccc2[nH]ncc2c1. The number of amides is 1. The van der Waals surface area contributed by atoms with E-state index in [0.717, 1.165) is 30.2 Å². The Morgan fingerprint density at radius 2 is 2.33 bits per heavy atom. The highest BCUT2D eigenvalue weighted by atomic mass is 16.3. The highest BCUT2D eigenvalue weighted by Gasteiger charge is 2.37. The lowest BCUT2D eigenvalue weighted by Gasteiger charge is -2.40. The number of carbonyl (C=O) groups is 1. The number of fused-ring (bicyclic) bond motifs is 1. The van der Waals surface area contributed by atoms with E-state index in [2.05, 4.69) is 15.5 Å². The van der Waals surface area contributed by atoms with Gasteiger partial charge in [0.05, 0.1) is 23.9 Å². The van der Waals surface area contributed by atoms with Crippen molar-refractivity contribution in [2.75, 3.05) is 6.61 Å². The van der Waals surface area contributed by atoms with Gasteiger partial charge in [0.25, 0.3) is 5.91 Å². The number of rotatable bonds is 3. The third-order valence-corrected chi connectivity index (χ3v) is 3.69. The second-order valence-electron chi connectivity index (χ2n) is 4.92. The van der Waals surface area contributed by atoms with E-state index < -0.39 is 5.54 Å². The van der Waals surface area contributed by atoms with Crippen LogP contribution in [-0.2, 0) is 0 Å².